The Morgan fingerprint density at radius 3 is 2.31 bits per heavy atom. The monoisotopic (exact) mass is 225 g/mol. The summed E-state index contributed by atoms with van der Waals surface area (Å²) in [5.74, 6) is 1.15. The van der Waals surface area contributed by atoms with Crippen molar-refractivity contribution in [1.29, 1.82) is 0 Å². The van der Waals surface area contributed by atoms with Gasteiger partial charge in [0.05, 0.1) is 12.2 Å². The third kappa shape index (κ3) is 2.86. The highest BCUT2D eigenvalue weighted by Gasteiger charge is 2.41. The number of nitrogens with one attached hydrogen (secondary N) is 1. The summed E-state index contributed by atoms with van der Waals surface area (Å²) in [6.07, 6.45) is 1.86. The Morgan fingerprint density at radius 2 is 1.94 bits per heavy atom. The first-order valence-electron chi connectivity index (χ1n) is 6.53. The van der Waals surface area contributed by atoms with Crippen LogP contribution in [0.1, 0.15) is 41.0 Å². The van der Waals surface area contributed by atoms with E-state index in [0.29, 0.717) is 30.1 Å². The Hall–Kier alpha value is -0.340. The van der Waals surface area contributed by atoms with Crippen LogP contribution in [0.4, 0.5) is 0 Å². The van der Waals surface area contributed by atoms with Crippen LogP contribution in [0.15, 0.2) is 12.2 Å². The zero-order valence-electron chi connectivity index (χ0n) is 11.4. The molecule has 0 radical (unpaired) electrons. The second kappa shape index (κ2) is 5.83. The van der Waals surface area contributed by atoms with Crippen LogP contribution in [0.2, 0.25) is 0 Å². The Bertz CT molecular complexity index is 239. The SMILES string of the molecule is C=C(C)C(NCCC)C1C(C)OC(C)C1C. The van der Waals surface area contributed by atoms with Gasteiger partial charge >= 0.3 is 0 Å². The topological polar surface area (TPSA) is 21.3 Å². The van der Waals surface area contributed by atoms with E-state index in [0.717, 1.165) is 13.0 Å². The lowest BCUT2D eigenvalue weighted by atomic mass is 9.81. The van der Waals surface area contributed by atoms with Gasteiger partial charge in [-0.05, 0) is 39.7 Å². The predicted octanol–water partition coefficient (Wildman–Crippen LogP) is 2.99. The van der Waals surface area contributed by atoms with Gasteiger partial charge in [0.2, 0.25) is 0 Å². The molecule has 2 heteroatoms. The van der Waals surface area contributed by atoms with Crippen molar-refractivity contribution in [2.45, 2.75) is 59.3 Å². The molecular weight excluding hydrogens is 198 g/mol. The van der Waals surface area contributed by atoms with Gasteiger partial charge in [0.15, 0.2) is 0 Å². The zero-order valence-corrected chi connectivity index (χ0v) is 11.4. The Labute approximate surface area is 100 Å². The predicted molar refractivity (Wildman–Crippen MR) is 69.6 cm³/mol. The molecule has 2 nitrogen and oxygen atoms in total. The van der Waals surface area contributed by atoms with Gasteiger partial charge < -0.3 is 10.1 Å². The average molecular weight is 225 g/mol. The van der Waals surface area contributed by atoms with Crippen molar-refractivity contribution in [2.24, 2.45) is 11.8 Å². The highest BCUT2D eigenvalue weighted by molar-refractivity contribution is 5.08. The molecule has 1 aliphatic rings. The van der Waals surface area contributed by atoms with Crippen molar-refractivity contribution in [2.75, 3.05) is 6.54 Å². The van der Waals surface area contributed by atoms with E-state index in [-0.39, 0.29) is 0 Å². The third-order valence-corrected chi connectivity index (χ3v) is 3.85. The van der Waals surface area contributed by atoms with Crippen molar-refractivity contribution >= 4 is 0 Å². The van der Waals surface area contributed by atoms with Crippen molar-refractivity contribution in [3.8, 4) is 0 Å². The molecule has 1 rings (SSSR count). The van der Waals surface area contributed by atoms with Crippen LogP contribution in [-0.2, 0) is 4.74 Å². The third-order valence-electron chi connectivity index (χ3n) is 3.85. The maximum Gasteiger partial charge on any atom is 0.0600 e. The maximum atomic E-state index is 5.92. The van der Waals surface area contributed by atoms with Gasteiger partial charge in [-0.25, -0.2) is 0 Å². The molecule has 5 atom stereocenters. The fourth-order valence-electron chi connectivity index (χ4n) is 2.81. The molecule has 5 unspecified atom stereocenters. The Morgan fingerprint density at radius 1 is 1.31 bits per heavy atom. The van der Waals surface area contributed by atoms with Crippen LogP contribution in [0, 0.1) is 11.8 Å². The van der Waals surface area contributed by atoms with E-state index in [2.05, 4.69) is 46.5 Å². The summed E-state index contributed by atoms with van der Waals surface area (Å²) in [5, 5.41) is 3.61. The van der Waals surface area contributed by atoms with E-state index < -0.39 is 0 Å². The van der Waals surface area contributed by atoms with Gasteiger partial charge in [-0.15, -0.1) is 0 Å². The average Bonchev–Trinajstić information content (AvgIpc) is 2.44. The van der Waals surface area contributed by atoms with Crippen LogP contribution < -0.4 is 5.32 Å². The molecule has 0 aromatic heterocycles. The first-order valence-corrected chi connectivity index (χ1v) is 6.53. The highest BCUT2D eigenvalue weighted by Crippen LogP contribution is 2.36. The van der Waals surface area contributed by atoms with Crippen molar-refractivity contribution < 1.29 is 4.74 Å². The van der Waals surface area contributed by atoms with Gasteiger partial charge in [-0.3, -0.25) is 0 Å². The minimum Gasteiger partial charge on any atom is -0.375 e. The first kappa shape index (κ1) is 13.7. The van der Waals surface area contributed by atoms with E-state index in [1.54, 1.807) is 0 Å². The van der Waals surface area contributed by atoms with Gasteiger partial charge in [-0.1, -0.05) is 26.0 Å². The van der Waals surface area contributed by atoms with Crippen LogP contribution >= 0.6 is 0 Å². The lowest BCUT2D eigenvalue weighted by Gasteiger charge is -2.30. The van der Waals surface area contributed by atoms with Crippen molar-refractivity contribution in [3.63, 3.8) is 0 Å². The number of hydrogen-bond donors (Lipinski definition) is 1. The van der Waals surface area contributed by atoms with Gasteiger partial charge in [0.25, 0.3) is 0 Å². The first-order chi connectivity index (χ1) is 7.49. The van der Waals surface area contributed by atoms with Gasteiger partial charge in [0.1, 0.15) is 0 Å². The van der Waals surface area contributed by atoms with E-state index in [9.17, 15) is 0 Å². The molecule has 0 spiro atoms. The Kier molecular flexibility index (Phi) is 5.00. The highest BCUT2D eigenvalue weighted by atomic mass is 16.5. The molecule has 0 saturated carbocycles. The molecule has 0 amide bonds. The molecule has 1 saturated heterocycles. The van der Waals surface area contributed by atoms with E-state index in [1.807, 2.05) is 0 Å². The van der Waals surface area contributed by atoms with Crippen LogP contribution in [0.5, 0.6) is 0 Å². The lowest BCUT2D eigenvalue weighted by molar-refractivity contribution is 0.0488. The smallest absolute Gasteiger partial charge is 0.0600 e. The molecular formula is C14H27NO. The molecule has 16 heavy (non-hydrogen) atoms. The number of hydrogen-bond acceptors (Lipinski definition) is 2. The molecule has 1 aliphatic heterocycles. The second-order valence-electron chi connectivity index (χ2n) is 5.26. The summed E-state index contributed by atoms with van der Waals surface area (Å²) in [7, 11) is 0. The minimum atomic E-state index is 0.330. The van der Waals surface area contributed by atoms with Crippen LogP contribution in [0.25, 0.3) is 0 Å². The lowest BCUT2D eigenvalue weighted by Crippen LogP contribution is -2.42. The normalized spacial score (nSPS) is 36.3. The molecule has 1 heterocycles. The van der Waals surface area contributed by atoms with Crippen LogP contribution in [-0.4, -0.2) is 24.8 Å². The largest absolute Gasteiger partial charge is 0.375 e. The second-order valence-corrected chi connectivity index (χ2v) is 5.26. The fraction of sp³-hybridized carbons (Fsp3) is 0.857. The molecule has 0 bridgehead atoms. The maximum absolute atomic E-state index is 5.92. The van der Waals surface area contributed by atoms with E-state index >= 15 is 0 Å². The van der Waals surface area contributed by atoms with Gasteiger partial charge in [-0.2, -0.15) is 0 Å². The van der Waals surface area contributed by atoms with E-state index in [1.165, 1.54) is 5.57 Å². The summed E-state index contributed by atoms with van der Waals surface area (Å²) in [4.78, 5) is 0. The Balaban J connectivity index is 2.73. The van der Waals surface area contributed by atoms with Crippen molar-refractivity contribution in [1.82, 2.24) is 5.32 Å². The van der Waals surface area contributed by atoms with Crippen molar-refractivity contribution in [3.05, 3.63) is 12.2 Å². The molecule has 1 fully saturated rings. The van der Waals surface area contributed by atoms with Crippen LogP contribution in [0.3, 0.4) is 0 Å². The summed E-state index contributed by atoms with van der Waals surface area (Å²) in [5.41, 5.74) is 1.23. The molecule has 0 aliphatic carbocycles. The summed E-state index contributed by atoms with van der Waals surface area (Å²) in [6.45, 7) is 16.2. The molecule has 0 aromatic rings. The van der Waals surface area contributed by atoms with Gasteiger partial charge in [0, 0.05) is 12.0 Å². The summed E-state index contributed by atoms with van der Waals surface area (Å²) >= 11 is 0. The zero-order chi connectivity index (χ0) is 12.3. The quantitative estimate of drug-likeness (QED) is 0.726. The summed E-state index contributed by atoms with van der Waals surface area (Å²) < 4.78 is 5.92. The fourth-order valence-corrected chi connectivity index (χ4v) is 2.81. The number of ether oxygens (including phenoxy) is 1. The molecule has 0 aromatic carbocycles. The standard InChI is InChI=1S/C14H27NO/c1-7-8-15-14(9(2)3)13-10(4)11(5)16-12(13)6/h10-15H,2,7-8H2,1,3-6H3. The minimum absolute atomic E-state index is 0.330. The molecule has 94 valence electrons. The molecule has 1 N–H and O–H groups in total. The number of rotatable bonds is 5. The summed E-state index contributed by atoms with van der Waals surface area (Å²) in [6, 6.07) is 0.398. The van der Waals surface area contributed by atoms with E-state index in [4.69, 9.17) is 4.74 Å².